The maximum Gasteiger partial charge on any atom is 0.211 e. The number of hydrogen-bond acceptors (Lipinski definition) is 4. The predicted molar refractivity (Wildman–Crippen MR) is 76.8 cm³/mol. The predicted octanol–water partition coefficient (Wildman–Crippen LogP) is 1.94. The van der Waals surface area contributed by atoms with Gasteiger partial charge in [-0.2, -0.15) is 0 Å². The van der Waals surface area contributed by atoms with E-state index in [0.29, 0.717) is 25.3 Å². The van der Waals surface area contributed by atoms with E-state index in [1.54, 1.807) is 6.07 Å². The second-order valence-electron chi connectivity index (χ2n) is 5.54. The van der Waals surface area contributed by atoms with Crippen LogP contribution in [-0.2, 0) is 16.4 Å². The maximum atomic E-state index is 11.6. The van der Waals surface area contributed by atoms with Crippen LogP contribution in [0.2, 0.25) is 0 Å². The molecule has 1 aromatic heterocycles. The second kappa shape index (κ2) is 6.28. The fourth-order valence-corrected chi connectivity index (χ4v) is 3.66. The Balaban J connectivity index is 1.95. The van der Waals surface area contributed by atoms with Crippen molar-refractivity contribution >= 4 is 10.0 Å². The summed E-state index contributed by atoms with van der Waals surface area (Å²) in [7, 11) is -3.13. The van der Waals surface area contributed by atoms with Gasteiger partial charge in [-0.05, 0) is 37.3 Å². The minimum Gasteiger partial charge on any atom is -0.463 e. The van der Waals surface area contributed by atoms with Gasteiger partial charge in [0.1, 0.15) is 17.6 Å². The van der Waals surface area contributed by atoms with Crippen LogP contribution >= 0.6 is 0 Å². The Hall–Kier alpha value is -0.850. The molecule has 0 bridgehead atoms. The zero-order valence-corrected chi connectivity index (χ0v) is 12.9. The molecule has 0 spiro atoms. The number of hydrogen-bond donors (Lipinski definition) is 1. The molecule has 0 saturated carbocycles. The van der Waals surface area contributed by atoms with E-state index >= 15 is 0 Å². The number of sulfonamides is 1. The molecule has 2 rings (SSSR count). The van der Waals surface area contributed by atoms with E-state index in [2.05, 4.69) is 0 Å². The molecular weight excluding hydrogens is 278 g/mol. The molecule has 20 heavy (non-hydrogen) atoms. The van der Waals surface area contributed by atoms with Crippen LogP contribution in [0, 0.1) is 5.92 Å². The Labute approximate surface area is 120 Å². The highest BCUT2D eigenvalue weighted by molar-refractivity contribution is 7.88. The average molecular weight is 301 g/mol. The van der Waals surface area contributed by atoms with Crippen molar-refractivity contribution in [1.82, 2.24) is 4.31 Å². The maximum absolute atomic E-state index is 11.6. The first kappa shape index (κ1) is 15.5. The Morgan fingerprint density at radius 1 is 1.50 bits per heavy atom. The standard InChI is InChI=1S/C14H23NO4S/c1-3-12-6-7-14(19-12)13(16)9-11-5-4-8-15(10-11)20(2,17)18/h6-7,11,13,16H,3-5,8-10H2,1-2H3. The van der Waals surface area contributed by atoms with Crippen LogP contribution in [-0.4, -0.2) is 37.2 Å². The van der Waals surface area contributed by atoms with Gasteiger partial charge in [0.05, 0.1) is 6.26 Å². The molecule has 1 N–H and O–H groups in total. The largest absolute Gasteiger partial charge is 0.463 e. The SMILES string of the molecule is CCc1ccc(C(O)CC2CCCN(S(C)(=O)=O)C2)o1. The monoisotopic (exact) mass is 301 g/mol. The molecule has 0 aromatic carbocycles. The van der Waals surface area contributed by atoms with Gasteiger partial charge in [0.2, 0.25) is 10.0 Å². The molecule has 0 radical (unpaired) electrons. The van der Waals surface area contributed by atoms with Crippen LogP contribution in [0.5, 0.6) is 0 Å². The van der Waals surface area contributed by atoms with Crippen molar-refractivity contribution in [2.24, 2.45) is 5.92 Å². The van der Waals surface area contributed by atoms with Crippen LogP contribution in [0.4, 0.5) is 0 Å². The summed E-state index contributed by atoms with van der Waals surface area (Å²) in [5.41, 5.74) is 0. The average Bonchev–Trinajstić information content (AvgIpc) is 2.87. The fourth-order valence-electron chi connectivity index (χ4n) is 2.72. The molecule has 1 saturated heterocycles. The zero-order chi connectivity index (χ0) is 14.8. The summed E-state index contributed by atoms with van der Waals surface area (Å²) in [6.45, 7) is 3.09. The van der Waals surface area contributed by atoms with Crippen LogP contribution in [0.25, 0.3) is 0 Å². The number of furan rings is 1. The molecule has 1 fully saturated rings. The summed E-state index contributed by atoms with van der Waals surface area (Å²) in [5, 5.41) is 10.2. The Bertz CT molecular complexity index is 537. The summed E-state index contributed by atoms with van der Waals surface area (Å²) in [5.74, 6) is 1.63. The smallest absolute Gasteiger partial charge is 0.211 e. The van der Waals surface area contributed by atoms with E-state index < -0.39 is 16.1 Å². The Kier molecular flexibility index (Phi) is 4.88. The first-order valence-electron chi connectivity index (χ1n) is 7.12. The minimum atomic E-state index is -3.13. The molecule has 1 aliphatic rings. The first-order valence-corrected chi connectivity index (χ1v) is 8.96. The molecule has 2 unspecified atom stereocenters. The topological polar surface area (TPSA) is 70.8 Å². The van der Waals surface area contributed by atoms with Gasteiger partial charge in [-0.15, -0.1) is 0 Å². The molecular formula is C14H23NO4S. The number of nitrogens with zero attached hydrogens (tertiary/aromatic N) is 1. The third kappa shape index (κ3) is 3.84. The second-order valence-corrected chi connectivity index (χ2v) is 7.52. The normalized spacial score (nSPS) is 22.9. The van der Waals surface area contributed by atoms with Crippen molar-refractivity contribution in [3.63, 3.8) is 0 Å². The van der Waals surface area contributed by atoms with Crippen molar-refractivity contribution in [1.29, 1.82) is 0 Å². The van der Waals surface area contributed by atoms with E-state index in [1.807, 2.05) is 13.0 Å². The third-order valence-corrected chi connectivity index (χ3v) is 5.14. The van der Waals surface area contributed by atoms with Gasteiger partial charge in [-0.25, -0.2) is 12.7 Å². The molecule has 6 heteroatoms. The number of piperidine rings is 1. The van der Waals surface area contributed by atoms with E-state index in [4.69, 9.17) is 4.42 Å². The quantitative estimate of drug-likeness (QED) is 0.902. The lowest BCUT2D eigenvalue weighted by molar-refractivity contribution is 0.102. The Morgan fingerprint density at radius 3 is 2.85 bits per heavy atom. The third-order valence-electron chi connectivity index (χ3n) is 3.87. The molecule has 5 nitrogen and oxygen atoms in total. The van der Waals surface area contributed by atoms with Gasteiger partial charge in [0, 0.05) is 19.5 Å². The van der Waals surface area contributed by atoms with Crippen LogP contribution < -0.4 is 0 Å². The fraction of sp³-hybridized carbons (Fsp3) is 0.714. The van der Waals surface area contributed by atoms with Crippen LogP contribution in [0.3, 0.4) is 0 Å². The molecule has 114 valence electrons. The number of aliphatic hydroxyl groups is 1. The van der Waals surface area contributed by atoms with Gasteiger partial charge in [0.15, 0.2) is 0 Å². The highest BCUT2D eigenvalue weighted by Gasteiger charge is 2.28. The molecule has 2 heterocycles. The molecule has 2 atom stereocenters. The number of aliphatic hydroxyl groups excluding tert-OH is 1. The number of aryl methyl sites for hydroxylation is 1. The van der Waals surface area contributed by atoms with E-state index in [9.17, 15) is 13.5 Å². The van der Waals surface area contributed by atoms with Gasteiger partial charge >= 0.3 is 0 Å². The van der Waals surface area contributed by atoms with Gasteiger partial charge in [0.25, 0.3) is 0 Å². The summed E-state index contributed by atoms with van der Waals surface area (Å²) < 4.78 is 30.2. The zero-order valence-electron chi connectivity index (χ0n) is 12.1. The summed E-state index contributed by atoms with van der Waals surface area (Å²) in [6.07, 6.45) is 3.74. The van der Waals surface area contributed by atoms with Crippen molar-refractivity contribution in [2.45, 2.75) is 38.7 Å². The van der Waals surface area contributed by atoms with E-state index in [-0.39, 0.29) is 5.92 Å². The molecule has 0 aliphatic carbocycles. The molecule has 0 amide bonds. The van der Waals surface area contributed by atoms with Crippen molar-refractivity contribution < 1.29 is 17.9 Å². The van der Waals surface area contributed by atoms with Gasteiger partial charge in [-0.1, -0.05) is 6.92 Å². The van der Waals surface area contributed by atoms with E-state index in [0.717, 1.165) is 25.0 Å². The molecule has 1 aliphatic heterocycles. The lowest BCUT2D eigenvalue weighted by atomic mass is 9.93. The van der Waals surface area contributed by atoms with E-state index in [1.165, 1.54) is 10.6 Å². The minimum absolute atomic E-state index is 0.184. The van der Waals surface area contributed by atoms with Crippen molar-refractivity contribution in [2.75, 3.05) is 19.3 Å². The van der Waals surface area contributed by atoms with Crippen LogP contribution in [0.15, 0.2) is 16.5 Å². The first-order chi connectivity index (χ1) is 9.40. The van der Waals surface area contributed by atoms with Crippen molar-refractivity contribution in [3.8, 4) is 0 Å². The summed E-state index contributed by atoms with van der Waals surface area (Å²) in [6, 6.07) is 3.68. The highest BCUT2D eigenvalue weighted by Crippen LogP contribution is 2.29. The lowest BCUT2D eigenvalue weighted by Gasteiger charge is -2.31. The van der Waals surface area contributed by atoms with Crippen molar-refractivity contribution in [3.05, 3.63) is 23.7 Å². The van der Waals surface area contributed by atoms with Gasteiger partial charge < -0.3 is 9.52 Å². The Morgan fingerprint density at radius 2 is 2.25 bits per heavy atom. The van der Waals surface area contributed by atoms with Gasteiger partial charge in [-0.3, -0.25) is 0 Å². The molecule has 1 aromatic rings. The lowest BCUT2D eigenvalue weighted by Crippen LogP contribution is -2.39. The summed E-state index contributed by atoms with van der Waals surface area (Å²) >= 11 is 0. The van der Waals surface area contributed by atoms with Crippen LogP contribution in [0.1, 0.15) is 43.8 Å². The summed E-state index contributed by atoms with van der Waals surface area (Å²) in [4.78, 5) is 0. The number of rotatable bonds is 5. The highest BCUT2D eigenvalue weighted by atomic mass is 32.2.